The number of imidazole rings is 1. The van der Waals surface area contributed by atoms with E-state index in [0.29, 0.717) is 11.2 Å². The Hall–Kier alpha value is -4.11. The van der Waals surface area contributed by atoms with Gasteiger partial charge >= 0.3 is 0 Å². The molecule has 3 aromatic carbocycles. The molecule has 7 nitrogen and oxygen atoms in total. The average molecular weight is 446 g/mol. The highest BCUT2D eigenvalue weighted by Gasteiger charge is 2.21. The normalized spacial score (nSPS) is 12.2. The number of benzene rings is 3. The number of halogens is 2. The monoisotopic (exact) mass is 446 g/mol. The number of nitrogens with one attached hydrogen (secondary N) is 1. The highest BCUT2D eigenvalue weighted by molar-refractivity contribution is 5.73. The summed E-state index contributed by atoms with van der Waals surface area (Å²) >= 11 is 0. The zero-order valence-electron chi connectivity index (χ0n) is 17.4. The van der Waals surface area contributed by atoms with E-state index >= 15 is 0 Å². The highest BCUT2D eigenvalue weighted by Crippen LogP contribution is 2.26. The van der Waals surface area contributed by atoms with Crippen molar-refractivity contribution in [3.05, 3.63) is 96.5 Å². The molecule has 2 aromatic heterocycles. The van der Waals surface area contributed by atoms with E-state index < -0.39 is 17.9 Å². The Morgan fingerprint density at radius 3 is 2.64 bits per heavy atom. The fourth-order valence-corrected chi connectivity index (χ4v) is 3.76. The molecule has 0 bridgehead atoms. The summed E-state index contributed by atoms with van der Waals surface area (Å²) in [5.74, 6) is -1.09. The number of fused-ring (bicyclic) bond motifs is 1. The molecule has 0 saturated carbocycles. The number of aromatic nitrogens is 5. The van der Waals surface area contributed by atoms with Gasteiger partial charge in [-0.25, -0.2) is 18.4 Å². The maximum atomic E-state index is 14.4. The van der Waals surface area contributed by atoms with Crippen molar-refractivity contribution in [3.63, 3.8) is 0 Å². The van der Waals surface area contributed by atoms with Crippen molar-refractivity contribution in [2.75, 3.05) is 4.90 Å². The molecule has 0 aliphatic heterocycles. The molecular formula is C24H20F2N6O. The number of nitrogens with zero attached hydrogens (tertiary/aromatic N) is 5. The van der Waals surface area contributed by atoms with Crippen LogP contribution in [-0.4, -0.2) is 36.3 Å². The van der Waals surface area contributed by atoms with Crippen LogP contribution in [-0.2, 0) is 13.1 Å². The number of H-pyrrole nitrogens is 1. The SMILES string of the molecule is OC(Cn1nnc2ccccc21)N(Cc1cc(F)ccc1F)c1ccc(-c2c[nH]cn2)cc1. The van der Waals surface area contributed by atoms with Gasteiger partial charge in [-0.3, -0.25) is 0 Å². The van der Waals surface area contributed by atoms with Crippen LogP contribution in [0.15, 0.2) is 79.3 Å². The number of anilines is 1. The maximum Gasteiger partial charge on any atom is 0.147 e. The number of aliphatic hydroxyl groups excluding tert-OH is 1. The Kier molecular flexibility index (Phi) is 5.54. The van der Waals surface area contributed by atoms with E-state index in [2.05, 4.69) is 20.3 Å². The second-order valence-corrected chi connectivity index (χ2v) is 7.61. The van der Waals surface area contributed by atoms with E-state index in [0.717, 1.165) is 35.0 Å². The fraction of sp³-hybridized carbons (Fsp3) is 0.125. The molecule has 0 fully saturated rings. The molecule has 0 aliphatic carbocycles. The molecule has 1 atom stereocenters. The van der Waals surface area contributed by atoms with E-state index in [-0.39, 0.29) is 18.7 Å². The van der Waals surface area contributed by atoms with E-state index in [1.165, 1.54) is 0 Å². The summed E-state index contributed by atoms with van der Waals surface area (Å²) in [5.41, 5.74) is 3.90. The second-order valence-electron chi connectivity index (χ2n) is 7.61. The lowest BCUT2D eigenvalue weighted by atomic mass is 10.1. The summed E-state index contributed by atoms with van der Waals surface area (Å²) in [5, 5.41) is 19.4. The summed E-state index contributed by atoms with van der Waals surface area (Å²) in [6, 6.07) is 18.0. The van der Waals surface area contributed by atoms with Crippen LogP contribution in [0, 0.1) is 11.6 Å². The van der Waals surface area contributed by atoms with Crippen LogP contribution < -0.4 is 4.90 Å². The number of hydrogen-bond acceptors (Lipinski definition) is 5. The number of hydrogen-bond donors (Lipinski definition) is 2. The quantitative estimate of drug-likeness (QED) is 0.368. The molecule has 0 aliphatic rings. The van der Waals surface area contributed by atoms with E-state index in [9.17, 15) is 13.9 Å². The molecule has 0 amide bonds. The van der Waals surface area contributed by atoms with Crippen molar-refractivity contribution >= 4 is 16.7 Å². The molecule has 33 heavy (non-hydrogen) atoms. The highest BCUT2D eigenvalue weighted by atomic mass is 19.1. The van der Waals surface area contributed by atoms with Gasteiger partial charge in [0.05, 0.1) is 24.1 Å². The Morgan fingerprint density at radius 1 is 1.03 bits per heavy atom. The number of aliphatic hydroxyl groups is 1. The van der Waals surface area contributed by atoms with Crippen LogP contribution in [0.25, 0.3) is 22.3 Å². The molecule has 166 valence electrons. The predicted octanol–water partition coefficient (Wildman–Crippen LogP) is 4.12. The second kappa shape index (κ2) is 8.79. The van der Waals surface area contributed by atoms with Gasteiger partial charge in [0, 0.05) is 29.6 Å². The third-order valence-electron chi connectivity index (χ3n) is 5.46. The summed E-state index contributed by atoms with van der Waals surface area (Å²) in [4.78, 5) is 8.75. The summed E-state index contributed by atoms with van der Waals surface area (Å²) in [6.45, 7) is 0.0394. The first kappa shape index (κ1) is 20.8. The molecule has 0 radical (unpaired) electrons. The Balaban J connectivity index is 1.48. The van der Waals surface area contributed by atoms with E-state index in [1.807, 2.05) is 48.5 Å². The van der Waals surface area contributed by atoms with Crippen LogP contribution in [0.4, 0.5) is 14.5 Å². The maximum absolute atomic E-state index is 14.4. The lowest BCUT2D eigenvalue weighted by molar-refractivity contribution is 0.142. The van der Waals surface area contributed by atoms with Crippen molar-refractivity contribution in [1.29, 1.82) is 0 Å². The largest absolute Gasteiger partial charge is 0.372 e. The van der Waals surface area contributed by atoms with Gasteiger partial charge in [-0.1, -0.05) is 29.5 Å². The first-order valence-corrected chi connectivity index (χ1v) is 10.3. The van der Waals surface area contributed by atoms with Crippen LogP contribution in [0.3, 0.4) is 0 Å². The molecule has 2 N–H and O–H groups in total. The van der Waals surface area contributed by atoms with Gasteiger partial charge in [0.2, 0.25) is 0 Å². The van der Waals surface area contributed by atoms with Crippen molar-refractivity contribution in [3.8, 4) is 11.3 Å². The van der Waals surface area contributed by atoms with Crippen molar-refractivity contribution in [1.82, 2.24) is 25.0 Å². The minimum atomic E-state index is -1.09. The lowest BCUT2D eigenvalue weighted by Gasteiger charge is -2.30. The Morgan fingerprint density at radius 2 is 1.85 bits per heavy atom. The van der Waals surface area contributed by atoms with Gasteiger partial charge in [0.1, 0.15) is 23.4 Å². The van der Waals surface area contributed by atoms with Gasteiger partial charge < -0.3 is 15.0 Å². The zero-order valence-corrected chi connectivity index (χ0v) is 17.4. The smallest absolute Gasteiger partial charge is 0.147 e. The minimum Gasteiger partial charge on any atom is -0.372 e. The van der Waals surface area contributed by atoms with Gasteiger partial charge in [-0.15, -0.1) is 5.10 Å². The standard InChI is InChI=1S/C24H20F2N6O/c25-18-7-10-20(26)17(11-18)13-31(19-8-5-16(6-9-19)22-12-27-15-28-22)24(33)14-32-23-4-2-1-3-21(23)29-30-32/h1-12,15,24,33H,13-14H2,(H,27,28). The predicted molar refractivity (Wildman–Crippen MR) is 120 cm³/mol. The Bertz CT molecular complexity index is 1370. The van der Waals surface area contributed by atoms with Crippen molar-refractivity contribution in [2.24, 2.45) is 0 Å². The zero-order chi connectivity index (χ0) is 22.8. The third kappa shape index (κ3) is 4.31. The molecule has 5 rings (SSSR count). The minimum absolute atomic E-state index is 0.0425. The first-order chi connectivity index (χ1) is 16.1. The van der Waals surface area contributed by atoms with Crippen molar-refractivity contribution in [2.45, 2.75) is 19.3 Å². The molecule has 5 aromatic rings. The fourth-order valence-electron chi connectivity index (χ4n) is 3.76. The van der Waals surface area contributed by atoms with Crippen LogP contribution >= 0.6 is 0 Å². The number of aromatic amines is 1. The van der Waals surface area contributed by atoms with Crippen LogP contribution in [0.2, 0.25) is 0 Å². The lowest BCUT2D eigenvalue weighted by Crippen LogP contribution is -2.38. The summed E-state index contributed by atoms with van der Waals surface area (Å²) in [7, 11) is 0. The average Bonchev–Trinajstić information content (AvgIpc) is 3.51. The molecule has 0 saturated heterocycles. The molecular weight excluding hydrogens is 426 g/mol. The van der Waals surface area contributed by atoms with E-state index in [4.69, 9.17) is 0 Å². The van der Waals surface area contributed by atoms with Gasteiger partial charge in [0.15, 0.2) is 0 Å². The Labute approximate surface area is 187 Å². The van der Waals surface area contributed by atoms with Crippen molar-refractivity contribution < 1.29 is 13.9 Å². The summed E-state index contributed by atoms with van der Waals surface area (Å²) in [6.07, 6.45) is 2.28. The topological polar surface area (TPSA) is 82.9 Å². The molecule has 1 unspecified atom stereocenters. The van der Waals surface area contributed by atoms with Crippen LogP contribution in [0.1, 0.15) is 5.56 Å². The third-order valence-corrected chi connectivity index (χ3v) is 5.46. The van der Waals surface area contributed by atoms with Crippen LogP contribution in [0.5, 0.6) is 0 Å². The van der Waals surface area contributed by atoms with Gasteiger partial charge in [0.25, 0.3) is 0 Å². The summed E-state index contributed by atoms with van der Waals surface area (Å²) < 4.78 is 29.8. The molecule has 0 spiro atoms. The molecule has 2 heterocycles. The number of para-hydroxylation sites is 1. The van der Waals surface area contributed by atoms with Gasteiger partial charge in [-0.2, -0.15) is 0 Å². The first-order valence-electron chi connectivity index (χ1n) is 10.3. The van der Waals surface area contributed by atoms with Gasteiger partial charge in [-0.05, 0) is 42.5 Å². The molecule has 9 heteroatoms. The van der Waals surface area contributed by atoms with E-state index in [1.54, 1.807) is 22.1 Å². The number of rotatable bonds is 7.